The van der Waals surface area contributed by atoms with Crippen molar-refractivity contribution in [1.82, 2.24) is 19.9 Å². The van der Waals surface area contributed by atoms with Crippen LogP contribution in [0.5, 0.6) is 11.8 Å². The molecule has 4 atom stereocenters. The number of rotatable bonds is 8. The molecule has 0 amide bonds. The second-order valence-electron chi connectivity index (χ2n) is 12.1. The number of phenolic OH excluding ortho intramolecular Hbond substituents is 1. The molecule has 7 rings (SSSR count). The molecule has 5 heterocycles. The molecule has 2 unspecified atom stereocenters. The Hall–Kier alpha value is -3.74. The molecular formula is C32H34F3N5O4. The second kappa shape index (κ2) is 11.3. The van der Waals surface area contributed by atoms with Crippen molar-refractivity contribution in [2.24, 2.45) is 5.92 Å². The molecular weight excluding hydrogens is 575 g/mol. The Balaban J connectivity index is 1.33. The van der Waals surface area contributed by atoms with Crippen molar-refractivity contribution >= 4 is 27.5 Å². The summed E-state index contributed by atoms with van der Waals surface area (Å²) >= 11 is 0. The van der Waals surface area contributed by atoms with Crippen LogP contribution in [-0.2, 0) is 11.2 Å². The number of alkyl halides is 1. The standard InChI is InChI=1S/C32H34F3N5O4/c1-2-21-24(34)5-4-17-8-20(41)9-22(26(17)21)28-27(35)29-23(12-36-28)30(37-11-18-14-43-15-25(18)42)39-31(38-29)44-16-32-6-3-7-40(32)13-19(33)10-32/h4-5,8-9,12,18-19,25,41-42H,2-3,6-7,10-11,13-16H2,1H3,(H,37,38,39)/t18?,19-,25?,32+/m1/s1. The molecule has 3 fully saturated rings. The first-order valence-electron chi connectivity index (χ1n) is 15.1. The number of halogens is 3. The van der Waals surface area contributed by atoms with Gasteiger partial charge >= 0.3 is 6.01 Å². The zero-order chi connectivity index (χ0) is 30.6. The van der Waals surface area contributed by atoms with E-state index in [4.69, 9.17) is 9.47 Å². The van der Waals surface area contributed by atoms with Gasteiger partial charge in [0.15, 0.2) is 5.82 Å². The lowest BCUT2D eigenvalue weighted by molar-refractivity contribution is 0.107. The Kier molecular flexibility index (Phi) is 7.46. The quantitative estimate of drug-likeness (QED) is 0.260. The molecule has 12 heteroatoms. The van der Waals surface area contributed by atoms with Crippen molar-refractivity contribution in [3.05, 3.63) is 47.7 Å². The fourth-order valence-electron chi connectivity index (χ4n) is 7.11. The summed E-state index contributed by atoms with van der Waals surface area (Å²) in [5.41, 5.74) is -0.0243. The highest BCUT2D eigenvalue weighted by atomic mass is 19.1. The van der Waals surface area contributed by atoms with E-state index in [0.717, 1.165) is 19.4 Å². The lowest BCUT2D eigenvalue weighted by atomic mass is 9.94. The number of fused-ring (bicyclic) bond motifs is 3. The molecule has 0 bridgehead atoms. The van der Waals surface area contributed by atoms with Crippen LogP contribution in [0, 0.1) is 17.6 Å². The van der Waals surface area contributed by atoms with Crippen molar-refractivity contribution in [1.29, 1.82) is 0 Å². The van der Waals surface area contributed by atoms with Crippen LogP contribution >= 0.6 is 0 Å². The van der Waals surface area contributed by atoms with E-state index in [2.05, 4.69) is 25.2 Å². The molecule has 0 spiro atoms. The van der Waals surface area contributed by atoms with E-state index in [1.165, 1.54) is 24.4 Å². The number of nitrogens with one attached hydrogen (secondary N) is 1. The Morgan fingerprint density at radius 2 is 2.07 bits per heavy atom. The molecule has 3 N–H and O–H groups in total. The zero-order valence-corrected chi connectivity index (χ0v) is 24.3. The van der Waals surface area contributed by atoms with Crippen molar-refractivity contribution in [2.45, 2.75) is 50.4 Å². The van der Waals surface area contributed by atoms with Crippen molar-refractivity contribution in [3.8, 4) is 23.0 Å². The van der Waals surface area contributed by atoms with E-state index in [1.54, 1.807) is 13.0 Å². The summed E-state index contributed by atoms with van der Waals surface area (Å²) in [7, 11) is 0. The van der Waals surface area contributed by atoms with Crippen LogP contribution in [0.1, 0.15) is 31.7 Å². The molecule has 44 heavy (non-hydrogen) atoms. The summed E-state index contributed by atoms with van der Waals surface area (Å²) < 4.78 is 57.3. The normalized spacial score (nSPS) is 25.2. The molecule has 232 valence electrons. The molecule has 3 saturated heterocycles. The minimum absolute atomic E-state index is 0.0766. The Labute approximate surface area is 252 Å². The SMILES string of the molecule is CCc1c(F)ccc2cc(O)cc(-c3ncc4c(NCC5COCC5O)nc(OC[C@@]56CCCN5C[C@H](F)C6)nc4c3F)c12. The van der Waals surface area contributed by atoms with Crippen molar-refractivity contribution in [3.63, 3.8) is 0 Å². The van der Waals surface area contributed by atoms with Gasteiger partial charge in [0.05, 0.1) is 30.2 Å². The van der Waals surface area contributed by atoms with Crippen LogP contribution in [0.25, 0.3) is 32.9 Å². The maximum atomic E-state index is 16.6. The minimum Gasteiger partial charge on any atom is -0.508 e. The summed E-state index contributed by atoms with van der Waals surface area (Å²) in [5, 5.41) is 25.2. The largest absolute Gasteiger partial charge is 0.508 e. The molecule has 0 aliphatic carbocycles. The topological polar surface area (TPSA) is 113 Å². The van der Waals surface area contributed by atoms with Gasteiger partial charge in [0.25, 0.3) is 0 Å². The van der Waals surface area contributed by atoms with Crippen molar-refractivity contribution in [2.75, 3.05) is 44.8 Å². The Morgan fingerprint density at radius 3 is 2.86 bits per heavy atom. The fourth-order valence-corrected chi connectivity index (χ4v) is 7.11. The Morgan fingerprint density at radius 1 is 1.20 bits per heavy atom. The first kappa shape index (κ1) is 29.0. The number of pyridine rings is 1. The molecule has 4 aromatic rings. The van der Waals surface area contributed by atoms with E-state index in [1.807, 2.05) is 0 Å². The number of aliphatic hydroxyl groups excluding tert-OH is 1. The lowest BCUT2D eigenvalue weighted by Gasteiger charge is -2.30. The number of nitrogens with zero attached hydrogens (tertiary/aromatic N) is 4. The number of aryl methyl sites for hydroxylation is 1. The third-order valence-corrected chi connectivity index (χ3v) is 9.35. The van der Waals surface area contributed by atoms with E-state index >= 15 is 4.39 Å². The minimum atomic E-state index is -0.935. The van der Waals surface area contributed by atoms with Gasteiger partial charge in [0.1, 0.15) is 41.4 Å². The van der Waals surface area contributed by atoms with E-state index in [9.17, 15) is 19.0 Å². The predicted octanol–water partition coefficient (Wildman–Crippen LogP) is 4.77. The van der Waals surface area contributed by atoms with Gasteiger partial charge in [-0.25, -0.2) is 13.2 Å². The molecule has 2 aromatic carbocycles. The average molecular weight is 610 g/mol. The molecule has 0 radical (unpaired) electrons. The third-order valence-electron chi connectivity index (χ3n) is 9.35. The van der Waals surface area contributed by atoms with E-state index < -0.39 is 29.4 Å². The van der Waals surface area contributed by atoms with Gasteiger partial charge in [-0.05, 0) is 60.3 Å². The van der Waals surface area contributed by atoms with Crippen LogP contribution in [0.3, 0.4) is 0 Å². The maximum absolute atomic E-state index is 16.6. The van der Waals surface area contributed by atoms with Crippen LogP contribution < -0.4 is 10.1 Å². The van der Waals surface area contributed by atoms with Crippen molar-refractivity contribution < 1.29 is 32.9 Å². The summed E-state index contributed by atoms with van der Waals surface area (Å²) in [6.07, 6.45) is 2.28. The molecule has 0 saturated carbocycles. The highest BCUT2D eigenvalue weighted by Gasteiger charge is 2.49. The highest BCUT2D eigenvalue weighted by Crippen LogP contribution is 2.41. The van der Waals surface area contributed by atoms with Gasteiger partial charge < -0.3 is 25.0 Å². The third kappa shape index (κ3) is 4.98. The fraction of sp³-hybridized carbons (Fsp3) is 0.469. The number of hydrogen-bond donors (Lipinski definition) is 3. The summed E-state index contributed by atoms with van der Waals surface area (Å²) in [4.78, 5) is 15.5. The summed E-state index contributed by atoms with van der Waals surface area (Å²) in [6.45, 7) is 4.01. The van der Waals surface area contributed by atoms with Gasteiger partial charge in [0.2, 0.25) is 0 Å². The van der Waals surface area contributed by atoms with Crippen LogP contribution in [-0.4, -0.2) is 87.3 Å². The number of aliphatic hydroxyl groups is 1. The number of phenols is 1. The van der Waals surface area contributed by atoms with Crippen LogP contribution in [0.15, 0.2) is 30.5 Å². The number of aromatic nitrogens is 3. The highest BCUT2D eigenvalue weighted by molar-refractivity contribution is 6.01. The monoisotopic (exact) mass is 609 g/mol. The van der Waals surface area contributed by atoms with Gasteiger partial charge in [-0.3, -0.25) is 9.88 Å². The number of benzene rings is 2. The van der Waals surface area contributed by atoms with Crippen LogP contribution in [0.2, 0.25) is 0 Å². The lowest BCUT2D eigenvalue weighted by Crippen LogP contribution is -2.43. The molecule has 9 nitrogen and oxygen atoms in total. The molecule has 2 aromatic heterocycles. The van der Waals surface area contributed by atoms with E-state index in [0.29, 0.717) is 48.9 Å². The number of hydrogen-bond acceptors (Lipinski definition) is 9. The number of aromatic hydroxyl groups is 1. The Bertz CT molecular complexity index is 1740. The van der Waals surface area contributed by atoms with Gasteiger partial charge in [-0.15, -0.1) is 0 Å². The summed E-state index contributed by atoms with van der Waals surface area (Å²) in [6, 6.07) is 5.67. The maximum Gasteiger partial charge on any atom is 0.319 e. The zero-order valence-electron chi connectivity index (χ0n) is 24.3. The second-order valence-corrected chi connectivity index (χ2v) is 12.1. The van der Waals surface area contributed by atoms with Gasteiger partial charge in [-0.1, -0.05) is 13.0 Å². The van der Waals surface area contributed by atoms with E-state index in [-0.39, 0.29) is 58.9 Å². The van der Waals surface area contributed by atoms with Gasteiger partial charge in [0, 0.05) is 37.2 Å². The molecule has 3 aliphatic rings. The number of ether oxygens (including phenoxy) is 2. The summed E-state index contributed by atoms with van der Waals surface area (Å²) in [5.74, 6) is -1.27. The first-order chi connectivity index (χ1) is 21.3. The number of anilines is 1. The van der Waals surface area contributed by atoms with Gasteiger partial charge in [-0.2, -0.15) is 9.97 Å². The predicted molar refractivity (Wildman–Crippen MR) is 159 cm³/mol. The smallest absolute Gasteiger partial charge is 0.319 e. The van der Waals surface area contributed by atoms with Crippen LogP contribution in [0.4, 0.5) is 19.0 Å². The first-order valence-corrected chi connectivity index (χ1v) is 15.1. The molecule has 3 aliphatic heterocycles. The average Bonchev–Trinajstić information content (AvgIpc) is 3.68.